The van der Waals surface area contributed by atoms with Gasteiger partial charge in [-0.15, -0.1) is 11.3 Å². The van der Waals surface area contributed by atoms with E-state index in [1.165, 1.54) is 11.3 Å². The maximum atomic E-state index is 12.6. The van der Waals surface area contributed by atoms with Crippen molar-refractivity contribution in [3.8, 4) is 0 Å². The van der Waals surface area contributed by atoms with Crippen LogP contribution in [0.4, 0.5) is 5.00 Å². The van der Waals surface area contributed by atoms with Crippen molar-refractivity contribution in [3.05, 3.63) is 17.0 Å². The fourth-order valence-electron chi connectivity index (χ4n) is 2.85. The topological polar surface area (TPSA) is 99.0 Å². The number of likely N-dealkylation sites (N-methyl/N-ethyl adjacent to an activating group) is 1. The van der Waals surface area contributed by atoms with Gasteiger partial charge in [0.1, 0.15) is 5.00 Å². The number of rotatable bonds is 6. The minimum atomic E-state index is -0.551. The molecule has 0 spiro atoms. The van der Waals surface area contributed by atoms with Crippen LogP contribution in [-0.2, 0) is 9.59 Å². The molecule has 0 radical (unpaired) electrons. The summed E-state index contributed by atoms with van der Waals surface area (Å²) < 4.78 is 0. The molecule has 1 atom stereocenters. The van der Waals surface area contributed by atoms with E-state index >= 15 is 0 Å². The summed E-state index contributed by atoms with van der Waals surface area (Å²) in [6, 6.07) is 1.28. The summed E-state index contributed by atoms with van der Waals surface area (Å²) in [4.78, 5) is 41.7. The highest BCUT2D eigenvalue weighted by Gasteiger charge is 2.26. The lowest BCUT2D eigenvalue weighted by Crippen LogP contribution is -2.44. The second-order valence-electron chi connectivity index (χ2n) is 6.65. The number of anilines is 1. The normalized spacial score (nSPS) is 17.3. The van der Waals surface area contributed by atoms with Gasteiger partial charge >= 0.3 is 0 Å². The van der Waals surface area contributed by atoms with Crippen LogP contribution in [0.25, 0.3) is 0 Å². The lowest BCUT2D eigenvalue weighted by molar-refractivity contribution is -0.130. The molecule has 0 unspecified atom stereocenters. The van der Waals surface area contributed by atoms with Crippen LogP contribution in [0.2, 0.25) is 0 Å². The van der Waals surface area contributed by atoms with Gasteiger partial charge in [-0.3, -0.25) is 24.2 Å². The maximum Gasteiger partial charge on any atom is 0.251 e. The Morgan fingerprint density at radius 2 is 2.00 bits per heavy atom. The zero-order valence-corrected chi connectivity index (χ0v) is 16.3. The summed E-state index contributed by atoms with van der Waals surface area (Å²) in [5, 5.41) is 5.03. The molecule has 3 amide bonds. The first-order valence-corrected chi connectivity index (χ1v) is 9.52. The summed E-state index contributed by atoms with van der Waals surface area (Å²) in [5.41, 5.74) is 5.65. The number of amides is 3. The molecule has 1 aliphatic rings. The van der Waals surface area contributed by atoms with Crippen molar-refractivity contribution in [2.24, 2.45) is 5.73 Å². The predicted molar refractivity (Wildman–Crippen MR) is 102 cm³/mol. The van der Waals surface area contributed by atoms with E-state index in [-0.39, 0.29) is 17.9 Å². The van der Waals surface area contributed by atoms with Gasteiger partial charge in [-0.25, -0.2) is 0 Å². The van der Waals surface area contributed by atoms with E-state index < -0.39 is 5.91 Å². The maximum absolute atomic E-state index is 12.6. The number of primary amides is 1. The zero-order chi connectivity index (χ0) is 19.3. The van der Waals surface area contributed by atoms with Crippen molar-refractivity contribution in [2.75, 3.05) is 52.1 Å². The molecule has 0 bridgehead atoms. The van der Waals surface area contributed by atoms with E-state index in [0.29, 0.717) is 23.7 Å². The van der Waals surface area contributed by atoms with Crippen LogP contribution in [0.1, 0.15) is 23.7 Å². The highest BCUT2D eigenvalue weighted by atomic mass is 32.1. The van der Waals surface area contributed by atoms with Crippen molar-refractivity contribution in [3.63, 3.8) is 0 Å². The van der Waals surface area contributed by atoms with Gasteiger partial charge in [-0.05, 0) is 31.3 Å². The number of carbonyl (C=O) groups excluding carboxylic acids is 3. The zero-order valence-electron chi connectivity index (χ0n) is 15.5. The van der Waals surface area contributed by atoms with Crippen LogP contribution in [0.5, 0.6) is 0 Å². The molecule has 1 aromatic heterocycles. The Hall–Kier alpha value is -1.97. The molecule has 2 rings (SSSR count). The summed E-state index contributed by atoms with van der Waals surface area (Å²) in [6.45, 7) is 5.33. The number of hydrogen-bond donors (Lipinski definition) is 2. The number of thiophene rings is 1. The van der Waals surface area contributed by atoms with Crippen LogP contribution in [0.15, 0.2) is 11.4 Å². The Balaban J connectivity index is 1.91. The van der Waals surface area contributed by atoms with Gasteiger partial charge in [-0.2, -0.15) is 0 Å². The highest BCUT2D eigenvalue weighted by Crippen LogP contribution is 2.23. The average Bonchev–Trinajstić information content (AvgIpc) is 2.92. The van der Waals surface area contributed by atoms with Crippen LogP contribution in [0.3, 0.4) is 0 Å². The lowest BCUT2D eigenvalue weighted by Gasteiger charge is -2.27. The molecule has 3 N–H and O–H groups in total. The summed E-state index contributed by atoms with van der Waals surface area (Å²) in [5.74, 6) is -0.626. The molecule has 0 saturated carbocycles. The molecule has 1 saturated heterocycles. The van der Waals surface area contributed by atoms with Crippen molar-refractivity contribution in [1.29, 1.82) is 0 Å². The molecule has 8 nitrogen and oxygen atoms in total. The number of nitrogens with two attached hydrogens (primary N) is 1. The third-order valence-electron chi connectivity index (χ3n) is 4.58. The van der Waals surface area contributed by atoms with E-state index in [1.54, 1.807) is 30.4 Å². The van der Waals surface area contributed by atoms with Gasteiger partial charge in [0.25, 0.3) is 5.91 Å². The Morgan fingerprint density at radius 3 is 2.65 bits per heavy atom. The highest BCUT2D eigenvalue weighted by molar-refractivity contribution is 7.14. The molecule has 26 heavy (non-hydrogen) atoms. The molecule has 9 heteroatoms. The number of nitrogens with one attached hydrogen (secondary N) is 1. The number of nitrogens with zero attached hydrogens (tertiary/aromatic N) is 3. The molecular formula is C17H27N5O3S. The molecule has 0 aliphatic carbocycles. The quantitative estimate of drug-likeness (QED) is 0.737. The second kappa shape index (κ2) is 9.11. The van der Waals surface area contributed by atoms with E-state index in [4.69, 9.17) is 5.73 Å². The van der Waals surface area contributed by atoms with E-state index in [1.807, 2.05) is 6.92 Å². The van der Waals surface area contributed by atoms with Crippen molar-refractivity contribution < 1.29 is 14.4 Å². The van der Waals surface area contributed by atoms with Gasteiger partial charge in [-0.1, -0.05) is 0 Å². The first kappa shape index (κ1) is 20.3. The van der Waals surface area contributed by atoms with Gasteiger partial charge in [0.05, 0.1) is 18.2 Å². The summed E-state index contributed by atoms with van der Waals surface area (Å²) in [6.07, 6.45) is 0.893. The monoisotopic (exact) mass is 381 g/mol. The van der Waals surface area contributed by atoms with Crippen LogP contribution in [-0.4, -0.2) is 85.3 Å². The average molecular weight is 382 g/mol. The standard InChI is InChI=1S/C17H27N5O3S/c1-12(16(25)19-17-13(15(18)24)5-10-26-17)22-7-4-6-21(8-9-22)11-14(23)20(2)3/h5,10,12H,4,6-9,11H2,1-3H3,(H2,18,24)(H,19,25)/t12-/m1/s1. The molecular weight excluding hydrogens is 354 g/mol. The van der Waals surface area contributed by atoms with Gasteiger partial charge in [0, 0.05) is 33.7 Å². The summed E-state index contributed by atoms with van der Waals surface area (Å²) in [7, 11) is 3.51. The largest absolute Gasteiger partial charge is 0.366 e. The number of carbonyl (C=O) groups is 3. The minimum Gasteiger partial charge on any atom is -0.366 e. The fraction of sp³-hybridized carbons (Fsp3) is 0.588. The third kappa shape index (κ3) is 5.26. The fourth-order valence-corrected chi connectivity index (χ4v) is 3.65. The Kier molecular flexibility index (Phi) is 7.13. The van der Waals surface area contributed by atoms with Crippen LogP contribution in [0, 0.1) is 0 Å². The Bertz CT molecular complexity index is 661. The Labute approximate surface area is 157 Å². The second-order valence-corrected chi connectivity index (χ2v) is 7.56. The van der Waals surface area contributed by atoms with E-state index in [2.05, 4.69) is 15.1 Å². The van der Waals surface area contributed by atoms with Crippen molar-refractivity contribution in [1.82, 2.24) is 14.7 Å². The SMILES string of the molecule is C[C@H](C(=O)Nc1sccc1C(N)=O)N1CCCN(CC(=O)N(C)C)CC1. The molecule has 1 fully saturated rings. The van der Waals surface area contributed by atoms with E-state index in [0.717, 1.165) is 26.1 Å². The lowest BCUT2D eigenvalue weighted by atomic mass is 10.2. The van der Waals surface area contributed by atoms with Gasteiger partial charge in [0.15, 0.2) is 0 Å². The summed E-state index contributed by atoms with van der Waals surface area (Å²) >= 11 is 1.28. The number of hydrogen-bond acceptors (Lipinski definition) is 6. The van der Waals surface area contributed by atoms with Crippen molar-refractivity contribution >= 4 is 34.1 Å². The van der Waals surface area contributed by atoms with Crippen LogP contribution < -0.4 is 11.1 Å². The first-order chi connectivity index (χ1) is 12.3. The molecule has 1 aliphatic heterocycles. The van der Waals surface area contributed by atoms with E-state index in [9.17, 15) is 14.4 Å². The van der Waals surface area contributed by atoms with Gasteiger partial charge in [0.2, 0.25) is 11.8 Å². The van der Waals surface area contributed by atoms with Gasteiger partial charge < -0.3 is 16.0 Å². The molecule has 0 aromatic carbocycles. The first-order valence-electron chi connectivity index (χ1n) is 8.64. The minimum absolute atomic E-state index is 0.0842. The predicted octanol–water partition coefficient (Wildman–Crippen LogP) is 0.270. The molecule has 1 aromatic rings. The third-order valence-corrected chi connectivity index (χ3v) is 5.41. The molecule has 144 valence electrons. The Morgan fingerprint density at radius 1 is 1.27 bits per heavy atom. The smallest absolute Gasteiger partial charge is 0.251 e. The van der Waals surface area contributed by atoms with Crippen LogP contribution >= 0.6 is 11.3 Å². The molecule has 2 heterocycles. The van der Waals surface area contributed by atoms with Crippen molar-refractivity contribution in [2.45, 2.75) is 19.4 Å².